The highest BCUT2D eigenvalue weighted by Gasteiger charge is 2.55. The summed E-state index contributed by atoms with van der Waals surface area (Å²) in [6.07, 6.45) is 3.80. The maximum atomic E-state index is 13.2. The van der Waals surface area contributed by atoms with Crippen LogP contribution in [0.25, 0.3) is 5.65 Å². The van der Waals surface area contributed by atoms with E-state index in [0.29, 0.717) is 55.2 Å². The zero-order chi connectivity index (χ0) is 25.9. The number of anilines is 3. The molecule has 11 nitrogen and oxygen atoms in total. The summed E-state index contributed by atoms with van der Waals surface area (Å²) in [6, 6.07) is 4.96. The van der Waals surface area contributed by atoms with Crippen LogP contribution in [0.4, 0.5) is 17.3 Å². The Morgan fingerprint density at radius 2 is 2.18 bits per heavy atom. The average Bonchev–Trinajstić information content (AvgIpc) is 3.17. The van der Waals surface area contributed by atoms with Gasteiger partial charge in [0.15, 0.2) is 5.65 Å². The molecule has 11 heteroatoms. The second kappa shape index (κ2) is 8.10. The molecule has 3 fully saturated rings. The number of rotatable bonds is 7. The van der Waals surface area contributed by atoms with E-state index < -0.39 is 25.1 Å². The number of methoxy groups -OCH3 is 1. The van der Waals surface area contributed by atoms with Gasteiger partial charge in [-0.1, -0.05) is 0 Å². The van der Waals surface area contributed by atoms with Crippen LogP contribution in [0.15, 0.2) is 35.4 Å². The molecule has 4 heterocycles. The average molecular weight is 469 g/mol. The van der Waals surface area contributed by atoms with Crippen LogP contribution in [0.5, 0.6) is 0 Å². The minimum atomic E-state index is -2.52. The molecule has 0 bridgehead atoms. The Labute approximate surface area is 199 Å². The monoisotopic (exact) mass is 468 g/mol. The van der Waals surface area contributed by atoms with E-state index in [-0.39, 0.29) is 22.8 Å². The molecule has 34 heavy (non-hydrogen) atoms. The maximum absolute atomic E-state index is 13.2. The number of nitrogens with one attached hydrogen (secondary N) is 3. The van der Waals surface area contributed by atoms with Gasteiger partial charge in [-0.3, -0.25) is 9.59 Å². The summed E-state index contributed by atoms with van der Waals surface area (Å²) in [5.74, 6) is 1.25. The van der Waals surface area contributed by atoms with Gasteiger partial charge in [-0.2, -0.15) is 9.61 Å². The van der Waals surface area contributed by atoms with Gasteiger partial charge < -0.3 is 30.0 Å². The van der Waals surface area contributed by atoms with Crippen LogP contribution in [-0.4, -0.2) is 64.5 Å². The lowest BCUT2D eigenvalue weighted by Crippen LogP contribution is -2.51. The molecule has 5 atom stereocenters. The Balaban J connectivity index is 1.25. The molecular formula is C23H27N7O4. The number of carbonyl (C=O) groups is 1. The molecule has 1 amide bonds. The highest BCUT2D eigenvalue weighted by atomic mass is 16.5. The Kier molecular flexibility index (Phi) is 4.28. The fraction of sp³-hybridized carbons (Fsp3) is 0.478. The van der Waals surface area contributed by atoms with E-state index in [1.165, 1.54) is 10.7 Å². The number of hydrogen-bond acceptors (Lipinski definition) is 8. The number of ether oxygens (including phenoxy) is 2. The van der Waals surface area contributed by atoms with Crippen LogP contribution in [0, 0.1) is 11.8 Å². The zero-order valence-electron chi connectivity index (χ0n) is 21.5. The van der Waals surface area contributed by atoms with Crippen molar-refractivity contribution in [3.8, 4) is 0 Å². The quantitative estimate of drug-likeness (QED) is 0.475. The standard InChI is InChI=1S/C23H27N7O4/c1-24-19-8-18(26-16-4-3-7-29(23(16)32)20-13-10-34-11-14(13)20)28-21-12(9-25-30(19)21)22(31)27-15-5-6-17(15)33-2/h3-4,7-9,13-15,17,20,24H,5-6,10-11H2,1-2H3,(H,26,28)(H,27,31)/t13-,14+,15?,17-,20?/m0/s1/i2D3. The number of fused-ring (bicyclic) bond motifs is 2. The van der Waals surface area contributed by atoms with Crippen molar-refractivity contribution in [1.82, 2.24) is 24.5 Å². The predicted octanol–water partition coefficient (Wildman–Crippen LogP) is 1.40. The van der Waals surface area contributed by atoms with Gasteiger partial charge in [0.2, 0.25) is 0 Å². The molecule has 3 aliphatic rings. The van der Waals surface area contributed by atoms with Crippen molar-refractivity contribution >= 4 is 28.9 Å². The van der Waals surface area contributed by atoms with Gasteiger partial charge in [0.25, 0.3) is 11.5 Å². The van der Waals surface area contributed by atoms with Crippen LogP contribution >= 0.6 is 0 Å². The van der Waals surface area contributed by atoms with Crippen molar-refractivity contribution in [3.05, 3.63) is 46.5 Å². The molecule has 0 aromatic carbocycles. The number of hydrogen-bond donors (Lipinski definition) is 3. The van der Waals surface area contributed by atoms with E-state index in [0.717, 1.165) is 0 Å². The van der Waals surface area contributed by atoms with Crippen molar-refractivity contribution < 1.29 is 18.4 Å². The summed E-state index contributed by atoms with van der Waals surface area (Å²) in [5, 5.41) is 13.3. The molecular weight excluding hydrogens is 438 g/mol. The minimum Gasteiger partial charge on any atom is -0.381 e. The molecule has 2 saturated carbocycles. The molecule has 2 unspecified atom stereocenters. The second-order valence-corrected chi connectivity index (χ2v) is 9.00. The van der Waals surface area contributed by atoms with Crippen LogP contribution in [0.2, 0.25) is 0 Å². The second-order valence-electron chi connectivity index (χ2n) is 9.00. The number of amides is 1. The smallest absolute Gasteiger partial charge is 0.274 e. The Bertz CT molecular complexity index is 1410. The lowest BCUT2D eigenvalue weighted by atomic mass is 9.89. The van der Waals surface area contributed by atoms with Gasteiger partial charge in [-0.05, 0) is 25.0 Å². The number of nitrogens with zero attached hydrogens (tertiary/aromatic N) is 4. The van der Waals surface area contributed by atoms with Crippen molar-refractivity contribution in [1.29, 1.82) is 0 Å². The van der Waals surface area contributed by atoms with Gasteiger partial charge in [-0.25, -0.2) is 4.98 Å². The van der Waals surface area contributed by atoms with Crippen molar-refractivity contribution in [3.63, 3.8) is 0 Å². The molecule has 1 saturated heterocycles. The van der Waals surface area contributed by atoms with E-state index in [2.05, 4.69) is 26.0 Å². The molecule has 178 valence electrons. The number of carbonyl (C=O) groups excluding carboxylic acids is 1. The Morgan fingerprint density at radius 1 is 1.32 bits per heavy atom. The van der Waals surface area contributed by atoms with Crippen molar-refractivity contribution in [2.45, 2.75) is 31.0 Å². The Hall–Kier alpha value is -3.44. The van der Waals surface area contributed by atoms with Gasteiger partial charge in [-0.15, -0.1) is 0 Å². The molecule has 1 aliphatic heterocycles. The van der Waals surface area contributed by atoms with Gasteiger partial charge in [0.1, 0.15) is 22.9 Å². The topological polar surface area (TPSA) is 124 Å². The first-order chi connectivity index (χ1) is 17.7. The molecule has 3 N–H and O–H groups in total. The largest absolute Gasteiger partial charge is 0.381 e. The van der Waals surface area contributed by atoms with Crippen molar-refractivity contribution in [2.24, 2.45) is 11.8 Å². The lowest BCUT2D eigenvalue weighted by molar-refractivity contribution is 0.00732. The van der Waals surface area contributed by atoms with Crippen LogP contribution in [0.3, 0.4) is 0 Å². The minimum absolute atomic E-state index is 0.147. The van der Waals surface area contributed by atoms with E-state index in [1.807, 2.05) is 6.07 Å². The molecule has 0 spiro atoms. The van der Waals surface area contributed by atoms with Crippen LogP contribution in [-0.2, 0) is 9.47 Å². The highest BCUT2D eigenvalue weighted by Crippen LogP contribution is 2.53. The number of pyridine rings is 1. The van der Waals surface area contributed by atoms with E-state index >= 15 is 0 Å². The number of aromatic nitrogens is 4. The summed E-state index contributed by atoms with van der Waals surface area (Å²) in [7, 11) is -0.807. The molecule has 2 aliphatic carbocycles. The third-order valence-electron chi connectivity index (χ3n) is 7.12. The van der Waals surface area contributed by atoms with E-state index in [1.54, 1.807) is 29.9 Å². The zero-order valence-corrected chi connectivity index (χ0v) is 18.5. The third-order valence-corrected chi connectivity index (χ3v) is 7.12. The van der Waals surface area contributed by atoms with Crippen molar-refractivity contribution in [2.75, 3.05) is 37.9 Å². The first kappa shape index (κ1) is 18.0. The summed E-state index contributed by atoms with van der Waals surface area (Å²) >= 11 is 0. The van der Waals surface area contributed by atoms with E-state index in [4.69, 9.17) is 13.6 Å². The lowest BCUT2D eigenvalue weighted by Gasteiger charge is -2.35. The highest BCUT2D eigenvalue weighted by molar-refractivity contribution is 6.00. The summed E-state index contributed by atoms with van der Waals surface area (Å²) in [4.78, 5) is 30.9. The molecule has 3 aromatic rings. The summed E-state index contributed by atoms with van der Waals surface area (Å²) in [6.45, 7) is 1.36. The fourth-order valence-electron chi connectivity index (χ4n) is 4.99. The Morgan fingerprint density at radius 3 is 2.91 bits per heavy atom. The van der Waals surface area contributed by atoms with Gasteiger partial charge in [0, 0.05) is 44.2 Å². The predicted molar refractivity (Wildman–Crippen MR) is 125 cm³/mol. The first-order valence-corrected chi connectivity index (χ1v) is 11.3. The maximum Gasteiger partial charge on any atom is 0.274 e. The fourth-order valence-corrected chi connectivity index (χ4v) is 4.99. The first-order valence-electron chi connectivity index (χ1n) is 12.8. The molecule has 6 rings (SSSR count). The molecule has 0 radical (unpaired) electrons. The van der Waals surface area contributed by atoms with Crippen LogP contribution < -0.4 is 21.5 Å². The SMILES string of the molecule is [2H]C([2H])([2H])O[C@H]1CCC1NC(=O)c1cnn2c(NC)cc(Nc3cccn(C4[C@H]5COC[C@@H]45)c3=O)nc12. The normalized spacial score (nSPS) is 28.9. The summed E-state index contributed by atoms with van der Waals surface area (Å²) < 4.78 is 35.7. The van der Waals surface area contributed by atoms with Gasteiger partial charge >= 0.3 is 0 Å². The van der Waals surface area contributed by atoms with Gasteiger partial charge in [0.05, 0.1) is 35.7 Å². The third kappa shape index (κ3) is 3.34. The van der Waals surface area contributed by atoms with Crippen LogP contribution in [0.1, 0.15) is 33.4 Å². The summed E-state index contributed by atoms with van der Waals surface area (Å²) in [5.41, 5.74) is 0.726. The molecule has 3 aromatic heterocycles. The van der Waals surface area contributed by atoms with E-state index in [9.17, 15) is 9.59 Å².